The van der Waals surface area contributed by atoms with Crippen LogP contribution in [0.4, 0.5) is 0 Å². The number of rotatable bonds is 14. The molecule has 16 aromatic carbocycles. The maximum absolute atomic E-state index is 5.50. The Morgan fingerprint density at radius 1 is 0.134 bits per heavy atom. The van der Waals surface area contributed by atoms with Gasteiger partial charge in [0.15, 0.2) is 23.3 Å². The Kier molecular flexibility index (Phi) is 18.3. The van der Waals surface area contributed by atoms with Crippen LogP contribution in [-0.2, 0) is 0 Å². The molecule has 0 aliphatic carbocycles. The van der Waals surface area contributed by atoms with Gasteiger partial charge in [0.05, 0.1) is 33.8 Å². The van der Waals surface area contributed by atoms with Gasteiger partial charge in [-0.3, -0.25) is 0 Å². The van der Waals surface area contributed by atoms with Crippen molar-refractivity contribution in [1.82, 2.24) is 34.9 Å². The number of para-hydroxylation sites is 2. The molecular weight excluding hydrogens is 1360 g/mol. The fourth-order valence-corrected chi connectivity index (χ4v) is 15.4. The highest BCUT2D eigenvalue weighted by atomic mass is 15.0. The average molecular weight is 1430 g/mol. The molecular formula is C105H69N7. The summed E-state index contributed by atoms with van der Waals surface area (Å²) < 4.78 is 0. The Bertz CT molecular complexity index is 6260. The highest BCUT2D eigenvalue weighted by Gasteiger charge is 2.22. The Morgan fingerprint density at radius 3 is 0.750 bits per heavy atom. The van der Waals surface area contributed by atoms with E-state index in [-0.39, 0.29) is 0 Å². The molecule has 0 spiro atoms. The van der Waals surface area contributed by atoms with Crippen molar-refractivity contribution in [2.45, 2.75) is 0 Å². The van der Waals surface area contributed by atoms with E-state index in [1.165, 1.54) is 55.3 Å². The van der Waals surface area contributed by atoms with E-state index in [9.17, 15) is 0 Å². The van der Waals surface area contributed by atoms with Gasteiger partial charge in [0.2, 0.25) is 0 Å². The maximum atomic E-state index is 5.50. The topological polar surface area (TPSA) is 90.2 Å². The predicted molar refractivity (Wildman–Crippen MR) is 464 cm³/mol. The zero-order valence-corrected chi connectivity index (χ0v) is 61.0. The summed E-state index contributed by atoms with van der Waals surface area (Å²) in [4.78, 5) is 35.8. The molecule has 0 aliphatic heterocycles. The summed E-state index contributed by atoms with van der Waals surface area (Å²) in [6.45, 7) is 0. The van der Waals surface area contributed by atoms with Crippen molar-refractivity contribution >= 4 is 43.4 Å². The van der Waals surface area contributed by atoms with E-state index in [0.29, 0.717) is 23.3 Å². The van der Waals surface area contributed by atoms with E-state index in [2.05, 4.69) is 322 Å². The lowest BCUT2D eigenvalue weighted by atomic mass is 9.90. The van der Waals surface area contributed by atoms with E-state index in [1.807, 2.05) is 97.1 Å². The van der Waals surface area contributed by atoms with E-state index >= 15 is 0 Å². The van der Waals surface area contributed by atoms with Gasteiger partial charge in [-0.2, -0.15) is 0 Å². The molecule has 0 saturated heterocycles. The van der Waals surface area contributed by atoms with Crippen LogP contribution in [0.1, 0.15) is 0 Å². The zero-order chi connectivity index (χ0) is 74.5. The van der Waals surface area contributed by atoms with E-state index in [4.69, 9.17) is 34.9 Å². The van der Waals surface area contributed by atoms with Crippen LogP contribution in [0.15, 0.2) is 419 Å². The minimum absolute atomic E-state index is 0.625. The second-order valence-corrected chi connectivity index (χ2v) is 27.8. The molecule has 112 heavy (non-hydrogen) atoms. The Morgan fingerprint density at radius 2 is 0.384 bits per heavy atom. The maximum Gasteiger partial charge on any atom is 0.164 e. The first-order valence-corrected chi connectivity index (χ1v) is 37.8. The summed E-state index contributed by atoms with van der Waals surface area (Å²) in [7, 11) is 0. The molecule has 524 valence electrons. The summed E-state index contributed by atoms with van der Waals surface area (Å²) in [5.41, 5.74) is 27.4. The van der Waals surface area contributed by atoms with Gasteiger partial charge >= 0.3 is 0 Å². The third-order valence-electron chi connectivity index (χ3n) is 20.8. The number of pyridine rings is 2. The molecule has 0 amide bonds. The first kappa shape index (κ1) is 67.5. The zero-order valence-electron chi connectivity index (χ0n) is 61.0. The summed E-state index contributed by atoms with van der Waals surface area (Å²) in [5.74, 6) is 2.61. The van der Waals surface area contributed by atoms with Gasteiger partial charge in [-0.1, -0.05) is 400 Å². The van der Waals surface area contributed by atoms with E-state index in [1.54, 1.807) is 0 Å². The quantitative estimate of drug-likeness (QED) is 0.100. The molecule has 0 saturated carbocycles. The van der Waals surface area contributed by atoms with Crippen LogP contribution in [0.3, 0.4) is 0 Å². The number of aromatic nitrogens is 7. The smallest absolute Gasteiger partial charge is 0.164 e. The van der Waals surface area contributed by atoms with Gasteiger partial charge < -0.3 is 0 Å². The molecule has 0 aliphatic rings. The largest absolute Gasteiger partial charge is 0.246 e. The predicted octanol–water partition coefficient (Wildman–Crippen LogP) is 27.1. The molecule has 0 bridgehead atoms. The minimum Gasteiger partial charge on any atom is -0.246 e. The van der Waals surface area contributed by atoms with E-state index in [0.717, 1.165) is 122 Å². The fraction of sp³-hybridized carbons (Fsp3) is 0. The van der Waals surface area contributed by atoms with Crippen LogP contribution >= 0.6 is 0 Å². The third kappa shape index (κ3) is 13.5. The van der Waals surface area contributed by atoms with Crippen molar-refractivity contribution in [3.63, 3.8) is 0 Å². The summed E-state index contributed by atoms with van der Waals surface area (Å²) >= 11 is 0. The van der Waals surface area contributed by atoms with Gasteiger partial charge in [0, 0.05) is 88.0 Å². The van der Waals surface area contributed by atoms with Crippen molar-refractivity contribution < 1.29 is 0 Å². The Balaban J connectivity index is 0.000000151. The Labute approximate surface area is 650 Å². The van der Waals surface area contributed by atoms with Crippen molar-refractivity contribution in [3.05, 3.63) is 419 Å². The van der Waals surface area contributed by atoms with E-state index < -0.39 is 0 Å². The SMILES string of the molecule is c1ccc(-c2cccc(-c3cccc4c(-c5ccccc5)nc5c(-c6ccc(-c7cc(-c8ccccc8)nc(-c8ccccc8)n7)cc6)cccc5c34)c2)cc1.c1ccc(-c2cccc(-c3cccc4c(-c5ccccc5)nc5c(-c6ccc(-c7nc(-c8ccccc8)nc(-c8ccccc8)n7)cc6)cccc5c34)c2)cc1. The first-order valence-electron chi connectivity index (χ1n) is 37.8. The van der Waals surface area contributed by atoms with Crippen molar-refractivity contribution in [1.29, 1.82) is 0 Å². The number of benzene rings is 16. The molecule has 0 unspecified atom stereocenters. The van der Waals surface area contributed by atoms with Gasteiger partial charge in [0.25, 0.3) is 0 Å². The van der Waals surface area contributed by atoms with Crippen LogP contribution in [-0.4, -0.2) is 34.9 Å². The normalized spacial score (nSPS) is 11.2. The summed E-state index contributed by atoms with van der Waals surface area (Å²) in [5, 5.41) is 6.87. The van der Waals surface area contributed by atoms with Gasteiger partial charge in [-0.15, -0.1) is 0 Å². The summed E-state index contributed by atoms with van der Waals surface area (Å²) in [6.07, 6.45) is 0. The summed E-state index contributed by atoms with van der Waals surface area (Å²) in [6, 6.07) is 146. The van der Waals surface area contributed by atoms with Crippen LogP contribution < -0.4 is 0 Å². The molecule has 4 heterocycles. The van der Waals surface area contributed by atoms with Crippen LogP contribution in [0.5, 0.6) is 0 Å². The molecule has 4 aromatic heterocycles. The minimum atomic E-state index is 0.625. The van der Waals surface area contributed by atoms with Crippen LogP contribution in [0, 0.1) is 0 Å². The molecule has 0 atom stereocenters. The molecule has 0 N–H and O–H groups in total. The standard InChI is InChI=1S/C53H35N3.C52H34N4/c1-5-16-36(17-6-1)42-24-13-25-43(34-42)44-26-14-28-46-50(44)47-29-15-27-45(52(47)56-51(46)40-20-9-3-10-21-40)37-30-32-39(33-31-37)49-35-48(38-18-7-2-8-19-38)54-53(55-49)41-22-11-4-12-23-41;1-5-16-35(17-6-1)41-24-13-25-42(34-41)43-26-14-28-45-47(43)46-29-15-27-44(49(46)53-48(45)37-18-7-2-8-19-37)36-30-32-40(33-31-36)52-55-50(38-20-9-3-10-21-38)54-51(56-52)39-22-11-4-12-23-39/h1-35H;1-34H. The van der Waals surface area contributed by atoms with Crippen molar-refractivity contribution in [2.24, 2.45) is 0 Å². The number of fused-ring (bicyclic) bond motifs is 6. The third-order valence-corrected chi connectivity index (χ3v) is 20.8. The number of hydrogen-bond acceptors (Lipinski definition) is 7. The molecule has 0 fully saturated rings. The second kappa shape index (κ2) is 30.3. The highest BCUT2D eigenvalue weighted by Crippen LogP contribution is 2.45. The lowest BCUT2D eigenvalue weighted by Crippen LogP contribution is -2.00. The lowest BCUT2D eigenvalue weighted by molar-refractivity contribution is 1.07. The van der Waals surface area contributed by atoms with Crippen molar-refractivity contribution in [3.8, 4) is 157 Å². The number of hydrogen-bond donors (Lipinski definition) is 0. The monoisotopic (exact) mass is 1430 g/mol. The molecule has 20 rings (SSSR count). The Hall–Kier alpha value is -15.1. The molecule has 0 radical (unpaired) electrons. The second-order valence-electron chi connectivity index (χ2n) is 27.8. The molecule has 20 aromatic rings. The molecule has 7 nitrogen and oxygen atoms in total. The lowest BCUT2D eigenvalue weighted by Gasteiger charge is -2.17. The van der Waals surface area contributed by atoms with Gasteiger partial charge in [-0.25, -0.2) is 34.9 Å². The van der Waals surface area contributed by atoms with Crippen molar-refractivity contribution in [2.75, 3.05) is 0 Å². The first-order chi connectivity index (χ1) is 55.5. The van der Waals surface area contributed by atoms with Gasteiger partial charge in [-0.05, 0) is 73.8 Å². The van der Waals surface area contributed by atoms with Gasteiger partial charge in [0.1, 0.15) is 0 Å². The highest BCUT2D eigenvalue weighted by molar-refractivity contribution is 6.21. The van der Waals surface area contributed by atoms with Crippen LogP contribution in [0.2, 0.25) is 0 Å². The average Bonchev–Trinajstić information content (AvgIpc) is 0.739. The number of nitrogens with zero attached hydrogens (tertiary/aromatic N) is 7. The fourth-order valence-electron chi connectivity index (χ4n) is 15.4. The molecule has 7 heteroatoms. The van der Waals surface area contributed by atoms with Crippen LogP contribution in [0.25, 0.3) is 201 Å².